The molecule has 28 heavy (non-hydrogen) atoms. The number of carbonyl (C=O) groups excluding carboxylic acids is 2. The molecule has 8 nitrogen and oxygen atoms in total. The Morgan fingerprint density at radius 2 is 1.46 bits per heavy atom. The zero-order valence-corrected chi connectivity index (χ0v) is 18.1. The van der Waals surface area contributed by atoms with Gasteiger partial charge >= 0.3 is 5.97 Å². The molecule has 0 saturated carbocycles. The Morgan fingerprint density at radius 3 is 1.86 bits per heavy atom. The van der Waals surface area contributed by atoms with Crippen molar-refractivity contribution in [2.24, 2.45) is 0 Å². The first kappa shape index (κ1) is 23.6. The van der Waals surface area contributed by atoms with Crippen LogP contribution in [0.25, 0.3) is 0 Å². The van der Waals surface area contributed by atoms with Gasteiger partial charge in [-0.25, -0.2) is 0 Å². The molecule has 0 spiro atoms. The molecule has 1 aromatic carbocycles. The molecule has 158 valence electrons. The van der Waals surface area contributed by atoms with Crippen LogP contribution in [0.4, 0.5) is 0 Å². The van der Waals surface area contributed by atoms with Crippen molar-refractivity contribution < 1.29 is 28.5 Å². The smallest absolute Gasteiger partial charge is 0.326 e. The number of amides is 1. The van der Waals surface area contributed by atoms with Crippen LogP contribution in [0.1, 0.15) is 31.1 Å². The molecule has 8 heteroatoms. The van der Waals surface area contributed by atoms with Crippen molar-refractivity contribution in [1.29, 1.82) is 0 Å². The Bertz CT molecular complexity index is 657. The van der Waals surface area contributed by atoms with E-state index in [1.54, 1.807) is 32.9 Å². The largest absolute Gasteiger partial charge is 0.493 e. The van der Waals surface area contributed by atoms with Crippen LogP contribution in [0.5, 0.6) is 17.2 Å². The van der Waals surface area contributed by atoms with Gasteiger partial charge in [0.15, 0.2) is 11.5 Å². The lowest BCUT2D eigenvalue weighted by Gasteiger charge is -2.26. The number of carbonyl (C=O) groups is 2. The number of hydrogen-bond donors (Lipinski definition) is 0. The number of hydrogen-bond acceptors (Lipinski definition) is 7. The van der Waals surface area contributed by atoms with Crippen LogP contribution in [-0.2, 0) is 9.53 Å². The third-order valence-corrected chi connectivity index (χ3v) is 3.76. The van der Waals surface area contributed by atoms with Gasteiger partial charge in [0.2, 0.25) is 5.75 Å². The molecule has 0 aliphatic heterocycles. The molecule has 0 heterocycles. The Morgan fingerprint density at radius 1 is 0.929 bits per heavy atom. The second-order valence-corrected chi connectivity index (χ2v) is 7.53. The summed E-state index contributed by atoms with van der Waals surface area (Å²) >= 11 is 0. The van der Waals surface area contributed by atoms with Crippen molar-refractivity contribution in [3.05, 3.63) is 17.7 Å². The molecular formula is C20H32N2O6. The minimum Gasteiger partial charge on any atom is -0.493 e. The van der Waals surface area contributed by atoms with Crippen molar-refractivity contribution in [3.63, 3.8) is 0 Å². The molecule has 0 atom stereocenters. The zero-order chi connectivity index (χ0) is 21.5. The average Bonchev–Trinajstić information content (AvgIpc) is 2.61. The molecule has 0 saturated heterocycles. The minimum atomic E-state index is -0.625. The van der Waals surface area contributed by atoms with E-state index in [-0.39, 0.29) is 12.5 Å². The summed E-state index contributed by atoms with van der Waals surface area (Å²) in [5.74, 6) is 0.345. The number of methoxy groups -OCH3 is 3. The van der Waals surface area contributed by atoms with Crippen LogP contribution in [-0.4, -0.2) is 82.3 Å². The molecule has 0 aliphatic carbocycles. The second kappa shape index (κ2) is 10.2. The average molecular weight is 396 g/mol. The predicted octanol–water partition coefficient (Wildman–Crippen LogP) is 2.06. The van der Waals surface area contributed by atoms with E-state index < -0.39 is 11.6 Å². The Balaban J connectivity index is 3.18. The number of esters is 1. The fourth-order valence-corrected chi connectivity index (χ4v) is 2.49. The van der Waals surface area contributed by atoms with E-state index in [1.165, 1.54) is 26.2 Å². The van der Waals surface area contributed by atoms with Crippen molar-refractivity contribution in [1.82, 2.24) is 9.80 Å². The molecule has 0 N–H and O–H groups in total. The van der Waals surface area contributed by atoms with E-state index in [4.69, 9.17) is 18.9 Å². The van der Waals surface area contributed by atoms with Crippen molar-refractivity contribution in [2.45, 2.75) is 26.4 Å². The van der Waals surface area contributed by atoms with Crippen LogP contribution in [0.15, 0.2) is 12.1 Å². The van der Waals surface area contributed by atoms with Crippen molar-refractivity contribution in [2.75, 3.05) is 55.1 Å². The Hall–Kier alpha value is -2.48. The van der Waals surface area contributed by atoms with Crippen LogP contribution >= 0.6 is 0 Å². The minimum absolute atomic E-state index is 0.152. The SMILES string of the molecule is COc1cc(C(=O)N(CCN(C)C)CC(=O)OC(C)(C)C)cc(OC)c1OC. The van der Waals surface area contributed by atoms with Gasteiger partial charge in [-0.2, -0.15) is 0 Å². The first-order chi connectivity index (χ1) is 13.0. The van der Waals surface area contributed by atoms with Gasteiger partial charge < -0.3 is 28.7 Å². The quantitative estimate of drug-likeness (QED) is 0.591. The number of likely N-dealkylation sites (N-methyl/N-ethyl adjacent to an activating group) is 1. The Labute approximate surface area is 167 Å². The van der Waals surface area contributed by atoms with E-state index in [0.717, 1.165) is 0 Å². The molecule has 1 aromatic rings. The third kappa shape index (κ3) is 6.92. The molecule has 1 rings (SSSR count). The maximum absolute atomic E-state index is 13.1. The lowest BCUT2D eigenvalue weighted by atomic mass is 10.1. The molecule has 0 aromatic heterocycles. The zero-order valence-electron chi connectivity index (χ0n) is 18.1. The monoisotopic (exact) mass is 396 g/mol. The number of rotatable bonds is 9. The summed E-state index contributed by atoms with van der Waals surface area (Å²) in [7, 11) is 8.25. The van der Waals surface area contributed by atoms with E-state index >= 15 is 0 Å². The summed E-state index contributed by atoms with van der Waals surface area (Å²) in [6.45, 7) is 6.17. The number of ether oxygens (including phenoxy) is 4. The molecule has 0 bridgehead atoms. The Kier molecular flexibility index (Phi) is 8.56. The van der Waals surface area contributed by atoms with Gasteiger partial charge in [0, 0.05) is 18.7 Å². The van der Waals surface area contributed by atoms with Gasteiger partial charge in [-0.3, -0.25) is 9.59 Å². The van der Waals surface area contributed by atoms with Gasteiger partial charge in [-0.05, 0) is 47.0 Å². The van der Waals surface area contributed by atoms with E-state index in [9.17, 15) is 9.59 Å². The summed E-state index contributed by atoms with van der Waals surface area (Å²) in [5, 5.41) is 0. The van der Waals surface area contributed by atoms with Gasteiger partial charge in [0.05, 0.1) is 21.3 Å². The predicted molar refractivity (Wildman–Crippen MR) is 106 cm³/mol. The van der Waals surface area contributed by atoms with Crippen LogP contribution in [0.2, 0.25) is 0 Å². The normalized spacial score (nSPS) is 11.2. The van der Waals surface area contributed by atoms with Crippen molar-refractivity contribution in [3.8, 4) is 17.2 Å². The fraction of sp³-hybridized carbons (Fsp3) is 0.600. The van der Waals surface area contributed by atoms with Gasteiger partial charge in [0.1, 0.15) is 12.1 Å². The van der Waals surface area contributed by atoms with E-state index in [1.807, 2.05) is 19.0 Å². The summed E-state index contributed by atoms with van der Waals surface area (Å²) < 4.78 is 21.3. The second-order valence-electron chi connectivity index (χ2n) is 7.53. The van der Waals surface area contributed by atoms with Crippen LogP contribution < -0.4 is 14.2 Å². The first-order valence-corrected chi connectivity index (χ1v) is 8.98. The lowest BCUT2D eigenvalue weighted by Crippen LogP contribution is -2.42. The molecule has 0 aliphatic rings. The maximum atomic E-state index is 13.1. The summed E-state index contributed by atoms with van der Waals surface area (Å²) in [4.78, 5) is 28.8. The molecule has 0 fully saturated rings. The van der Waals surface area contributed by atoms with Crippen LogP contribution in [0, 0.1) is 0 Å². The van der Waals surface area contributed by atoms with E-state index in [2.05, 4.69) is 0 Å². The standard InChI is InChI=1S/C20H32N2O6/c1-20(2,3)28-17(23)13-22(10-9-21(4)5)19(24)14-11-15(25-6)18(27-8)16(12-14)26-7/h11-12H,9-10,13H2,1-8H3. The van der Waals surface area contributed by atoms with Gasteiger partial charge in [0.25, 0.3) is 5.91 Å². The molecule has 1 amide bonds. The van der Waals surface area contributed by atoms with Crippen molar-refractivity contribution >= 4 is 11.9 Å². The highest BCUT2D eigenvalue weighted by atomic mass is 16.6. The highest BCUT2D eigenvalue weighted by molar-refractivity contribution is 5.97. The fourth-order valence-electron chi connectivity index (χ4n) is 2.49. The molecule has 0 unspecified atom stereocenters. The summed E-state index contributed by atoms with van der Waals surface area (Å²) in [6, 6.07) is 3.14. The number of benzene rings is 1. The summed E-state index contributed by atoms with van der Waals surface area (Å²) in [5.41, 5.74) is -0.295. The van der Waals surface area contributed by atoms with E-state index in [0.29, 0.717) is 35.9 Å². The van der Waals surface area contributed by atoms with Gasteiger partial charge in [-0.15, -0.1) is 0 Å². The lowest BCUT2D eigenvalue weighted by molar-refractivity contribution is -0.155. The maximum Gasteiger partial charge on any atom is 0.326 e. The first-order valence-electron chi connectivity index (χ1n) is 8.98. The number of nitrogens with zero attached hydrogens (tertiary/aromatic N) is 2. The highest BCUT2D eigenvalue weighted by Gasteiger charge is 2.25. The summed E-state index contributed by atoms with van der Waals surface area (Å²) in [6.07, 6.45) is 0. The van der Waals surface area contributed by atoms with Crippen LogP contribution in [0.3, 0.4) is 0 Å². The third-order valence-electron chi connectivity index (χ3n) is 3.76. The van der Waals surface area contributed by atoms with Gasteiger partial charge in [-0.1, -0.05) is 0 Å². The molecular weight excluding hydrogens is 364 g/mol. The highest BCUT2D eigenvalue weighted by Crippen LogP contribution is 2.38. The molecule has 0 radical (unpaired) electrons. The topological polar surface area (TPSA) is 77.5 Å².